The standard InChI is InChI=1S/C14H9F3O4S/c1-8(18)9-2-4-10(5-3-9)21-22(19,20)12-7-6-11(15)13(16)14(12)17/h2-7H,1H3. The topological polar surface area (TPSA) is 60.4 Å². The molecular weight excluding hydrogens is 321 g/mol. The average molecular weight is 330 g/mol. The largest absolute Gasteiger partial charge is 0.379 e. The SMILES string of the molecule is CC(=O)c1ccc(OS(=O)(=O)c2ccc(F)c(F)c2F)cc1. The van der Waals surface area contributed by atoms with E-state index in [1.54, 1.807) is 0 Å². The Hall–Kier alpha value is -2.35. The summed E-state index contributed by atoms with van der Waals surface area (Å²) in [5, 5.41) is 0. The van der Waals surface area contributed by atoms with E-state index < -0.39 is 32.5 Å². The fourth-order valence-electron chi connectivity index (χ4n) is 1.62. The van der Waals surface area contributed by atoms with E-state index in [0.717, 1.165) is 0 Å². The number of rotatable bonds is 4. The third-order valence-electron chi connectivity index (χ3n) is 2.74. The number of benzene rings is 2. The summed E-state index contributed by atoms with van der Waals surface area (Å²) in [5.41, 5.74) is 0.323. The van der Waals surface area contributed by atoms with Crippen LogP contribution in [-0.2, 0) is 10.1 Å². The number of carbonyl (C=O) groups is 1. The summed E-state index contributed by atoms with van der Waals surface area (Å²) in [6, 6.07) is 6.04. The number of ketones is 1. The van der Waals surface area contributed by atoms with E-state index in [4.69, 9.17) is 0 Å². The number of Topliss-reactive ketones (excluding diaryl/α,β-unsaturated/α-hetero) is 1. The summed E-state index contributed by atoms with van der Waals surface area (Å²) >= 11 is 0. The van der Waals surface area contributed by atoms with Crippen molar-refractivity contribution in [3.8, 4) is 5.75 Å². The molecule has 0 aliphatic carbocycles. The lowest BCUT2D eigenvalue weighted by molar-refractivity contribution is 0.101. The van der Waals surface area contributed by atoms with Gasteiger partial charge in [-0.25, -0.2) is 13.2 Å². The average Bonchev–Trinajstić information content (AvgIpc) is 2.44. The van der Waals surface area contributed by atoms with Gasteiger partial charge in [0.05, 0.1) is 0 Å². The molecule has 0 fully saturated rings. The quantitative estimate of drug-likeness (QED) is 0.491. The second kappa shape index (κ2) is 5.80. The van der Waals surface area contributed by atoms with Gasteiger partial charge in [-0.3, -0.25) is 4.79 Å². The van der Waals surface area contributed by atoms with Crippen LogP contribution in [0.1, 0.15) is 17.3 Å². The first-order chi connectivity index (χ1) is 10.2. The van der Waals surface area contributed by atoms with Crippen molar-refractivity contribution < 1.29 is 30.6 Å². The maximum Gasteiger partial charge on any atom is 0.342 e. The Balaban J connectivity index is 2.36. The second-order valence-electron chi connectivity index (χ2n) is 4.29. The van der Waals surface area contributed by atoms with Crippen LogP contribution >= 0.6 is 0 Å². The summed E-state index contributed by atoms with van der Waals surface area (Å²) in [6.45, 7) is 1.32. The van der Waals surface area contributed by atoms with E-state index in [0.29, 0.717) is 17.7 Å². The number of hydrogen-bond acceptors (Lipinski definition) is 4. The van der Waals surface area contributed by atoms with Gasteiger partial charge >= 0.3 is 10.1 Å². The Morgan fingerprint density at radius 2 is 1.55 bits per heavy atom. The van der Waals surface area contributed by atoms with Crippen molar-refractivity contribution in [2.75, 3.05) is 0 Å². The van der Waals surface area contributed by atoms with Crippen LogP contribution in [0.5, 0.6) is 5.75 Å². The number of hydrogen-bond donors (Lipinski definition) is 0. The normalized spacial score (nSPS) is 11.3. The molecule has 0 saturated carbocycles. The Kier molecular flexibility index (Phi) is 4.23. The van der Waals surface area contributed by atoms with Gasteiger partial charge in [0.15, 0.2) is 23.2 Å². The molecule has 0 atom stereocenters. The van der Waals surface area contributed by atoms with E-state index in [1.807, 2.05) is 0 Å². The Morgan fingerprint density at radius 1 is 0.955 bits per heavy atom. The van der Waals surface area contributed by atoms with Crippen LogP contribution < -0.4 is 4.18 Å². The molecule has 0 radical (unpaired) electrons. The van der Waals surface area contributed by atoms with Gasteiger partial charge in [-0.2, -0.15) is 8.42 Å². The first-order valence-corrected chi connectivity index (χ1v) is 7.32. The molecule has 22 heavy (non-hydrogen) atoms. The van der Waals surface area contributed by atoms with Crippen molar-refractivity contribution in [1.29, 1.82) is 0 Å². The van der Waals surface area contributed by atoms with Crippen molar-refractivity contribution in [3.05, 3.63) is 59.4 Å². The smallest absolute Gasteiger partial charge is 0.342 e. The maximum absolute atomic E-state index is 13.5. The molecule has 0 N–H and O–H groups in total. The minimum absolute atomic E-state index is 0.200. The summed E-state index contributed by atoms with van der Waals surface area (Å²) in [5.74, 6) is -5.71. The summed E-state index contributed by atoms with van der Waals surface area (Å²) < 4.78 is 67.8. The van der Waals surface area contributed by atoms with Gasteiger partial charge in [0.2, 0.25) is 0 Å². The van der Waals surface area contributed by atoms with Crippen molar-refractivity contribution in [2.45, 2.75) is 11.8 Å². The molecule has 4 nitrogen and oxygen atoms in total. The van der Waals surface area contributed by atoms with Gasteiger partial charge in [-0.15, -0.1) is 0 Å². The molecule has 2 rings (SSSR count). The minimum atomic E-state index is -4.68. The monoisotopic (exact) mass is 330 g/mol. The van der Waals surface area contributed by atoms with Crippen LogP contribution in [0.25, 0.3) is 0 Å². The first kappa shape index (κ1) is 16.0. The van der Waals surface area contributed by atoms with Gasteiger partial charge in [-0.05, 0) is 43.3 Å². The molecule has 0 saturated heterocycles. The van der Waals surface area contributed by atoms with Crippen LogP contribution in [0.3, 0.4) is 0 Å². The van der Waals surface area contributed by atoms with Gasteiger partial charge in [0.25, 0.3) is 0 Å². The zero-order valence-corrected chi connectivity index (χ0v) is 12.0. The first-order valence-electron chi connectivity index (χ1n) is 5.91. The van der Waals surface area contributed by atoms with Crippen molar-refractivity contribution >= 4 is 15.9 Å². The van der Waals surface area contributed by atoms with E-state index in [9.17, 15) is 26.4 Å². The Labute approximate surface area is 124 Å². The summed E-state index contributed by atoms with van der Waals surface area (Å²) in [6.07, 6.45) is 0. The lowest BCUT2D eigenvalue weighted by atomic mass is 10.1. The molecule has 0 amide bonds. The lowest BCUT2D eigenvalue weighted by Gasteiger charge is -2.08. The molecule has 2 aromatic rings. The number of carbonyl (C=O) groups excluding carboxylic acids is 1. The molecular formula is C14H9F3O4S. The highest BCUT2D eigenvalue weighted by Gasteiger charge is 2.25. The van der Waals surface area contributed by atoms with Gasteiger partial charge in [0.1, 0.15) is 10.6 Å². The summed E-state index contributed by atoms with van der Waals surface area (Å²) in [7, 11) is -4.68. The highest BCUT2D eigenvalue weighted by Crippen LogP contribution is 2.24. The zero-order valence-electron chi connectivity index (χ0n) is 11.1. The highest BCUT2D eigenvalue weighted by atomic mass is 32.2. The fourth-order valence-corrected chi connectivity index (χ4v) is 2.62. The second-order valence-corrected chi connectivity index (χ2v) is 5.81. The molecule has 0 bridgehead atoms. The predicted molar refractivity (Wildman–Crippen MR) is 70.6 cm³/mol. The molecule has 0 heterocycles. The lowest BCUT2D eigenvalue weighted by Crippen LogP contribution is -2.13. The van der Waals surface area contributed by atoms with Crippen LogP contribution in [0, 0.1) is 17.5 Å². The molecule has 0 unspecified atom stereocenters. The molecule has 2 aromatic carbocycles. The van der Waals surface area contributed by atoms with Crippen LogP contribution in [0.15, 0.2) is 41.3 Å². The third kappa shape index (κ3) is 3.11. The number of halogens is 3. The predicted octanol–water partition coefficient (Wildman–Crippen LogP) is 3.07. The highest BCUT2D eigenvalue weighted by molar-refractivity contribution is 7.87. The summed E-state index contributed by atoms with van der Waals surface area (Å²) in [4.78, 5) is 9.97. The molecule has 0 spiro atoms. The minimum Gasteiger partial charge on any atom is -0.379 e. The van der Waals surface area contributed by atoms with E-state index in [2.05, 4.69) is 4.18 Å². The van der Waals surface area contributed by atoms with Crippen molar-refractivity contribution in [1.82, 2.24) is 0 Å². The fraction of sp³-hybridized carbons (Fsp3) is 0.0714. The third-order valence-corrected chi connectivity index (χ3v) is 4.00. The molecule has 0 aliphatic heterocycles. The zero-order chi connectivity index (χ0) is 16.5. The molecule has 0 aliphatic rings. The van der Waals surface area contributed by atoms with Gasteiger partial charge in [0, 0.05) is 5.56 Å². The van der Waals surface area contributed by atoms with Crippen molar-refractivity contribution in [2.24, 2.45) is 0 Å². The molecule has 0 aromatic heterocycles. The van der Waals surface area contributed by atoms with Crippen LogP contribution in [0.2, 0.25) is 0 Å². The van der Waals surface area contributed by atoms with Crippen LogP contribution in [-0.4, -0.2) is 14.2 Å². The Bertz CT molecular complexity index is 830. The van der Waals surface area contributed by atoms with Gasteiger partial charge in [-0.1, -0.05) is 0 Å². The molecule has 8 heteroatoms. The molecule has 116 valence electrons. The van der Waals surface area contributed by atoms with Crippen molar-refractivity contribution in [3.63, 3.8) is 0 Å². The maximum atomic E-state index is 13.5. The van der Waals surface area contributed by atoms with Crippen LogP contribution in [0.4, 0.5) is 13.2 Å². The van der Waals surface area contributed by atoms with E-state index >= 15 is 0 Å². The van der Waals surface area contributed by atoms with E-state index in [1.165, 1.54) is 31.2 Å². The van der Waals surface area contributed by atoms with E-state index in [-0.39, 0.29) is 11.5 Å². The van der Waals surface area contributed by atoms with Gasteiger partial charge < -0.3 is 4.18 Å². The Morgan fingerprint density at radius 3 is 2.09 bits per heavy atom.